The number of halogens is 1. The second kappa shape index (κ2) is 9.30. The Morgan fingerprint density at radius 3 is 2.77 bits per heavy atom. The molecule has 0 spiro atoms. The summed E-state index contributed by atoms with van der Waals surface area (Å²) in [6.07, 6.45) is 9.09. The maximum absolute atomic E-state index is 14.2. The molecule has 1 saturated carbocycles. The summed E-state index contributed by atoms with van der Waals surface area (Å²) in [5.41, 5.74) is 0.753. The maximum Gasteiger partial charge on any atom is 0.246 e. The normalized spacial score (nSPS) is 23.6. The Morgan fingerprint density at radius 2 is 2.00 bits per heavy atom. The average Bonchev–Trinajstić information content (AvgIpc) is 3.22. The molecule has 0 radical (unpaired) electrons. The lowest BCUT2D eigenvalue weighted by molar-refractivity contribution is -0.133. The van der Waals surface area contributed by atoms with Crippen molar-refractivity contribution in [2.45, 2.75) is 52.0 Å². The SMILES string of the molecule is CC(=O)N(c1nc(/C=C/C(=O)N2CCC(C)C3CCCCC32)cs1)c1ccccc1F. The summed E-state index contributed by atoms with van der Waals surface area (Å²) in [6, 6.07) is 6.47. The van der Waals surface area contributed by atoms with Gasteiger partial charge < -0.3 is 4.90 Å². The first-order valence-electron chi connectivity index (χ1n) is 10.9. The highest BCUT2D eigenvalue weighted by Crippen LogP contribution is 2.39. The van der Waals surface area contributed by atoms with Crippen LogP contribution in [0.1, 0.15) is 51.6 Å². The van der Waals surface area contributed by atoms with Crippen molar-refractivity contribution in [3.8, 4) is 0 Å². The van der Waals surface area contributed by atoms with E-state index in [1.165, 1.54) is 48.5 Å². The van der Waals surface area contributed by atoms with Crippen LogP contribution in [0.2, 0.25) is 0 Å². The summed E-state index contributed by atoms with van der Waals surface area (Å²) in [5, 5.41) is 2.15. The molecule has 2 aliphatic rings. The molecule has 1 aromatic heterocycles. The minimum atomic E-state index is -0.485. The van der Waals surface area contributed by atoms with Gasteiger partial charge in [0, 0.05) is 31.0 Å². The minimum absolute atomic E-state index is 0.0240. The second-order valence-electron chi connectivity index (χ2n) is 8.51. The highest BCUT2D eigenvalue weighted by atomic mass is 32.1. The third kappa shape index (κ3) is 4.56. The van der Waals surface area contributed by atoms with Gasteiger partial charge in [-0.05, 0) is 49.3 Å². The number of rotatable bonds is 4. The molecule has 1 aliphatic carbocycles. The Kier molecular flexibility index (Phi) is 6.51. The van der Waals surface area contributed by atoms with Crippen molar-refractivity contribution in [1.29, 1.82) is 0 Å². The summed E-state index contributed by atoms with van der Waals surface area (Å²) in [4.78, 5) is 32.9. The minimum Gasteiger partial charge on any atom is -0.336 e. The van der Waals surface area contributed by atoms with Crippen molar-refractivity contribution >= 4 is 40.0 Å². The number of aromatic nitrogens is 1. The molecule has 0 N–H and O–H groups in total. The topological polar surface area (TPSA) is 53.5 Å². The van der Waals surface area contributed by atoms with Crippen LogP contribution in [0.5, 0.6) is 0 Å². The largest absolute Gasteiger partial charge is 0.336 e. The predicted octanol–water partition coefficient (Wildman–Crippen LogP) is 5.41. The van der Waals surface area contributed by atoms with Gasteiger partial charge in [0.2, 0.25) is 11.8 Å². The number of anilines is 2. The molecule has 1 aliphatic heterocycles. The summed E-state index contributed by atoms with van der Waals surface area (Å²) in [5.74, 6) is 0.500. The fourth-order valence-electron chi connectivity index (χ4n) is 4.94. The lowest BCUT2D eigenvalue weighted by Gasteiger charge is -2.47. The Hall–Kier alpha value is -2.54. The molecule has 164 valence electrons. The van der Waals surface area contributed by atoms with E-state index in [1.807, 2.05) is 4.90 Å². The number of benzene rings is 1. The first-order valence-corrected chi connectivity index (χ1v) is 11.8. The summed E-state index contributed by atoms with van der Waals surface area (Å²) in [7, 11) is 0. The van der Waals surface area contributed by atoms with Gasteiger partial charge in [-0.3, -0.25) is 14.5 Å². The van der Waals surface area contributed by atoms with Crippen LogP contribution in [0.15, 0.2) is 35.7 Å². The molecule has 3 atom stereocenters. The molecule has 0 bridgehead atoms. The third-order valence-corrected chi connectivity index (χ3v) is 7.37. The van der Waals surface area contributed by atoms with Crippen LogP contribution in [0.25, 0.3) is 6.08 Å². The number of fused-ring (bicyclic) bond motifs is 1. The number of amides is 2. The Morgan fingerprint density at radius 1 is 1.23 bits per heavy atom. The van der Waals surface area contributed by atoms with Crippen LogP contribution >= 0.6 is 11.3 Å². The fourth-order valence-corrected chi connectivity index (χ4v) is 5.78. The molecule has 3 unspecified atom stereocenters. The molecule has 1 aromatic carbocycles. The van der Waals surface area contributed by atoms with Crippen LogP contribution in [0.3, 0.4) is 0 Å². The lowest BCUT2D eigenvalue weighted by atomic mass is 9.72. The van der Waals surface area contributed by atoms with Crippen molar-refractivity contribution in [2.24, 2.45) is 11.8 Å². The van der Waals surface area contributed by atoms with Crippen LogP contribution < -0.4 is 4.90 Å². The number of carbonyl (C=O) groups is 2. The molecule has 5 nitrogen and oxygen atoms in total. The van der Waals surface area contributed by atoms with Gasteiger partial charge in [-0.2, -0.15) is 0 Å². The van der Waals surface area contributed by atoms with Crippen LogP contribution in [-0.2, 0) is 9.59 Å². The molecule has 4 rings (SSSR count). The Bertz CT molecular complexity index is 989. The van der Waals surface area contributed by atoms with Gasteiger partial charge in [0.1, 0.15) is 5.82 Å². The fraction of sp³-hybridized carbons (Fsp3) is 0.458. The number of carbonyl (C=O) groups excluding carboxylic acids is 2. The van der Waals surface area contributed by atoms with Gasteiger partial charge in [-0.1, -0.05) is 31.9 Å². The Balaban J connectivity index is 1.50. The highest BCUT2D eigenvalue weighted by molar-refractivity contribution is 7.14. The van der Waals surface area contributed by atoms with Crippen molar-refractivity contribution < 1.29 is 14.0 Å². The molecule has 2 fully saturated rings. The lowest BCUT2D eigenvalue weighted by Crippen LogP contribution is -2.51. The van der Waals surface area contributed by atoms with Gasteiger partial charge in [-0.15, -0.1) is 11.3 Å². The number of hydrogen-bond donors (Lipinski definition) is 0. The zero-order chi connectivity index (χ0) is 22.0. The molecular formula is C24H28FN3O2S. The molecule has 2 amide bonds. The number of piperidine rings is 1. The van der Waals surface area contributed by atoms with Crippen LogP contribution in [0, 0.1) is 17.7 Å². The Labute approximate surface area is 186 Å². The summed E-state index contributed by atoms with van der Waals surface area (Å²) >= 11 is 1.25. The molecule has 2 heterocycles. The third-order valence-electron chi connectivity index (χ3n) is 6.53. The van der Waals surface area contributed by atoms with Crippen molar-refractivity contribution in [2.75, 3.05) is 11.4 Å². The van der Waals surface area contributed by atoms with E-state index in [1.54, 1.807) is 35.7 Å². The van der Waals surface area contributed by atoms with Crippen LogP contribution in [-0.4, -0.2) is 34.3 Å². The molecule has 7 heteroatoms. The summed E-state index contributed by atoms with van der Waals surface area (Å²) in [6.45, 7) is 4.50. The summed E-state index contributed by atoms with van der Waals surface area (Å²) < 4.78 is 14.2. The first kappa shape index (κ1) is 21.7. The van der Waals surface area contributed by atoms with E-state index < -0.39 is 5.82 Å². The van der Waals surface area contributed by atoms with Crippen LogP contribution in [0.4, 0.5) is 15.2 Å². The van der Waals surface area contributed by atoms with E-state index in [0.29, 0.717) is 28.7 Å². The number of likely N-dealkylation sites (tertiary alicyclic amines) is 1. The molecule has 2 aromatic rings. The zero-order valence-electron chi connectivity index (χ0n) is 18.0. The van der Waals surface area contributed by atoms with E-state index in [2.05, 4.69) is 11.9 Å². The first-order chi connectivity index (χ1) is 15.0. The predicted molar refractivity (Wildman–Crippen MR) is 122 cm³/mol. The van der Waals surface area contributed by atoms with Crippen molar-refractivity contribution in [1.82, 2.24) is 9.88 Å². The van der Waals surface area contributed by atoms with Crippen molar-refractivity contribution in [3.05, 3.63) is 47.2 Å². The van der Waals surface area contributed by atoms with E-state index in [4.69, 9.17) is 0 Å². The number of hydrogen-bond acceptors (Lipinski definition) is 4. The molecule has 31 heavy (non-hydrogen) atoms. The smallest absolute Gasteiger partial charge is 0.246 e. The maximum atomic E-state index is 14.2. The average molecular weight is 442 g/mol. The van der Waals surface area contributed by atoms with Gasteiger partial charge in [0.25, 0.3) is 0 Å². The van der Waals surface area contributed by atoms with Gasteiger partial charge in [0.05, 0.1) is 11.4 Å². The van der Waals surface area contributed by atoms with Gasteiger partial charge >= 0.3 is 0 Å². The van der Waals surface area contributed by atoms with E-state index in [9.17, 15) is 14.0 Å². The van der Waals surface area contributed by atoms with E-state index in [-0.39, 0.29) is 17.5 Å². The number of para-hydroxylation sites is 1. The molecule has 1 saturated heterocycles. The standard InChI is InChI=1S/C24H28FN3O2S/c1-16-13-14-27(21-9-5-3-7-19(16)21)23(30)12-11-18-15-31-24(26-18)28(17(2)29)22-10-6-4-8-20(22)25/h4,6,8,10-12,15-16,19,21H,3,5,7,9,13-14H2,1-2H3/b12-11+. The number of thiazole rings is 1. The second-order valence-corrected chi connectivity index (χ2v) is 9.34. The van der Waals surface area contributed by atoms with Gasteiger partial charge in [0.15, 0.2) is 5.13 Å². The zero-order valence-corrected chi connectivity index (χ0v) is 18.8. The van der Waals surface area contributed by atoms with Crippen molar-refractivity contribution in [3.63, 3.8) is 0 Å². The highest BCUT2D eigenvalue weighted by Gasteiger charge is 2.38. The van der Waals surface area contributed by atoms with E-state index in [0.717, 1.165) is 19.4 Å². The quantitative estimate of drug-likeness (QED) is 0.597. The van der Waals surface area contributed by atoms with E-state index >= 15 is 0 Å². The number of nitrogens with zero attached hydrogens (tertiary/aromatic N) is 3. The monoisotopic (exact) mass is 441 g/mol. The van der Waals surface area contributed by atoms with Gasteiger partial charge in [-0.25, -0.2) is 9.37 Å². The molecular weight excluding hydrogens is 413 g/mol.